The number of rotatable bonds is 1. The lowest BCUT2D eigenvalue weighted by Crippen LogP contribution is -2.64. The van der Waals surface area contributed by atoms with E-state index in [-0.39, 0.29) is 18.4 Å². The fraction of sp³-hybridized carbons (Fsp3) is 0.840. The second kappa shape index (κ2) is 10.0. The van der Waals surface area contributed by atoms with Gasteiger partial charge < -0.3 is 14.8 Å². The lowest BCUT2D eigenvalue weighted by atomic mass is 9.99. The van der Waals surface area contributed by atoms with Crippen molar-refractivity contribution in [3.63, 3.8) is 0 Å². The highest BCUT2D eigenvalue weighted by atomic mass is 16.6. The molecule has 0 aromatic rings. The number of imide groups is 2. The molecule has 1 N–H and O–H groups in total. The van der Waals surface area contributed by atoms with Gasteiger partial charge in [0.05, 0.1) is 24.2 Å². The summed E-state index contributed by atoms with van der Waals surface area (Å²) in [6.07, 6.45) is 1.23. The molecule has 1 saturated carbocycles. The summed E-state index contributed by atoms with van der Waals surface area (Å²) in [6, 6.07) is 0.531. The SMILES string of the molecule is CC(C)(C)OC(=O)N1C(=O)CN(C2CC2)CC1(C)C.CC(C)(C)OC(=O)N1C(=O)CNCC1(C)C. The van der Waals surface area contributed by atoms with Gasteiger partial charge in [-0.1, -0.05) is 0 Å². The Hall–Kier alpha value is -2.20. The van der Waals surface area contributed by atoms with E-state index >= 15 is 0 Å². The van der Waals surface area contributed by atoms with Gasteiger partial charge in [0.15, 0.2) is 0 Å². The lowest BCUT2D eigenvalue weighted by molar-refractivity contribution is -0.143. The molecule has 3 aliphatic rings. The standard InChI is InChI=1S/C14H24N2O3.C11H20N2O3/c1-13(2,3)19-12(18)16-11(17)8-15(10-6-7-10)9-14(16,4)5;1-10(2,3)16-9(15)13-8(14)6-12-7-11(13,4)5/h10H,6-9H2,1-5H3;12H,6-7H2,1-5H3. The maximum absolute atomic E-state index is 12.3. The zero-order valence-electron chi connectivity index (χ0n) is 23.1. The Morgan fingerprint density at radius 2 is 1.29 bits per heavy atom. The summed E-state index contributed by atoms with van der Waals surface area (Å²) in [5, 5.41) is 2.97. The molecule has 200 valence electrons. The van der Waals surface area contributed by atoms with Crippen molar-refractivity contribution >= 4 is 24.0 Å². The van der Waals surface area contributed by atoms with E-state index in [0.717, 1.165) is 19.4 Å². The molecule has 10 heteroatoms. The van der Waals surface area contributed by atoms with Crippen LogP contribution in [0.25, 0.3) is 0 Å². The van der Waals surface area contributed by atoms with Crippen LogP contribution in [0.5, 0.6) is 0 Å². The van der Waals surface area contributed by atoms with Crippen LogP contribution >= 0.6 is 0 Å². The van der Waals surface area contributed by atoms with E-state index < -0.39 is 34.5 Å². The van der Waals surface area contributed by atoms with Crippen LogP contribution < -0.4 is 5.32 Å². The number of piperazine rings is 2. The molecule has 0 bridgehead atoms. The highest BCUT2D eigenvalue weighted by Crippen LogP contribution is 2.33. The molecule has 0 radical (unpaired) electrons. The third kappa shape index (κ3) is 8.17. The van der Waals surface area contributed by atoms with Crippen molar-refractivity contribution in [3.8, 4) is 0 Å². The van der Waals surface area contributed by atoms with E-state index in [1.807, 2.05) is 48.5 Å². The number of nitrogens with zero attached hydrogens (tertiary/aromatic N) is 3. The zero-order valence-corrected chi connectivity index (χ0v) is 23.1. The Kier molecular flexibility index (Phi) is 8.33. The monoisotopic (exact) mass is 496 g/mol. The molecule has 2 heterocycles. The van der Waals surface area contributed by atoms with Crippen LogP contribution in [0.2, 0.25) is 0 Å². The summed E-state index contributed by atoms with van der Waals surface area (Å²) in [7, 11) is 0. The van der Waals surface area contributed by atoms with Crippen LogP contribution in [0.4, 0.5) is 9.59 Å². The molecule has 0 aromatic carbocycles. The van der Waals surface area contributed by atoms with Gasteiger partial charge in [-0.25, -0.2) is 19.4 Å². The van der Waals surface area contributed by atoms with Gasteiger partial charge in [-0.15, -0.1) is 0 Å². The Morgan fingerprint density at radius 3 is 1.66 bits per heavy atom. The predicted molar refractivity (Wildman–Crippen MR) is 132 cm³/mol. The molecular formula is C25H44N4O6. The molecule has 1 aliphatic carbocycles. The number of amides is 4. The molecule has 10 nitrogen and oxygen atoms in total. The van der Waals surface area contributed by atoms with Crippen molar-refractivity contribution in [3.05, 3.63) is 0 Å². The van der Waals surface area contributed by atoms with E-state index in [1.54, 1.807) is 20.8 Å². The van der Waals surface area contributed by atoms with Crippen LogP contribution in [0.15, 0.2) is 0 Å². The van der Waals surface area contributed by atoms with E-state index in [2.05, 4.69) is 10.2 Å². The van der Waals surface area contributed by atoms with Gasteiger partial charge in [0, 0.05) is 19.1 Å². The molecule has 0 unspecified atom stereocenters. The third-order valence-corrected chi connectivity index (χ3v) is 5.69. The smallest absolute Gasteiger partial charge is 0.417 e. The molecule has 2 saturated heterocycles. The molecule has 0 spiro atoms. The first kappa shape index (κ1) is 29.0. The Labute approximate surface area is 209 Å². The first-order valence-electron chi connectivity index (χ1n) is 12.3. The Bertz CT molecular complexity index is 836. The van der Waals surface area contributed by atoms with Gasteiger partial charge in [0.2, 0.25) is 11.8 Å². The summed E-state index contributed by atoms with van der Waals surface area (Å²) in [5.41, 5.74) is -2.22. The lowest BCUT2D eigenvalue weighted by Gasteiger charge is -2.45. The van der Waals surface area contributed by atoms with Crippen LogP contribution in [-0.4, -0.2) is 93.2 Å². The van der Waals surface area contributed by atoms with Crippen molar-refractivity contribution in [2.45, 2.75) is 110 Å². The molecule has 4 amide bonds. The highest BCUT2D eigenvalue weighted by Gasteiger charge is 2.47. The van der Waals surface area contributed by atoms with Gasteiger partial charge >= 0.3 is 12.2 Å². The fourth-order valence-electron chi connectivity index (χ4n) is 4.19. The number of hydrogen-bond acceptors (Lipinski definition) is 8. The van der Waals surface area contributed by atoms with Gasteiger partial charge in [-0.3, -0.25) is 14.5 Å². The van der Waals surface area contributed by atoms with Crippen molar-refractivity contribution in [2.75, 3.05) is 26.2 Å². The second-order valence-electron chi connectivity index (χ2n) is 12.8. The van der Waals surface area contributed by atoms with Crippen LogP contribution in [0.3, 0.4) is 0 Å². The number of carbonyl (C=O) groups is 4. The minimum atomic E-state index is -0.585. The van der Waals surface area contributed by atoms with Crippen LogP contribution in [-0.2, 0) is 19.1 Å². The second-order valence-corrected chi connectivity index (χ2v) is 12.8. The number of hydrogen-bond donors (Lipinski definition) is 1. The Morgan fingerprint density at radius 1 is 0.829 bits per heavy atom. The number of carbonyl (C=O) groups excluding carboxylic acids is 4. The van der Waals surface area contributed by atoms with Crippen LogP contribution in [0.1, 0.15) is 82.1 Å². The van der Waals surface area contributed by atoms with Crippen molar-refractivity contribution in [2.24, 2.45) is 0 Å². The minimum Gasteiger partial charge on any atom is -0.443 e. The number of ether oxygens (including phenoxy) is 2. The van der Waals surface area contributed by atoms with E-state index in [0.29, 0.717) is 19.1 Å². The van der Waals surface area contributed by atoms with Crippen molar-refractivity contribution in [1.82, 2.24) is 20.0 Å². The van der Waals surface area contributed by atoms with Gasteiger partial charge in [-0.2, -0.15) is 0 Å². The average molecular weight is 497 g/mol. The zero-order chi connectivity index (χ0) is 27.0. The summed E-state index contributed by atoms with van der Waals surface area (Å²) in [4.78, 5) is 52.7. The topological polar surface area (TPSA) is 108 Å². The van der Waals surface area contributed by atoms with Crippen molar-refractivity contribution in [1.29, 1.82) is 0 Å². The molecule has 2 aliphatic heterocycles. The normalized spacial score (nSPS) is 22.8. The molecule has 35 heavy (non-hydrogen) atoms. The average Bonchev–Trinajstić information content (AvgIpc) is 3.41. The maximum Gasteiger partial charge on any atom is 0.417 e. The van der Waals surface area contributed by atoms with Gasteiger partial charge in [0.1, 0.15) is 11.2 Å². The van der Waals surface area contributed by atoms with Crippen molar-refractivity contribution < 1.29 is 28.7 Å². The molecular weight excluding hydrogens is 452 g/mol. The quantitative estimate of drug-likeness (QED) is 0.590. The largest absolute Gasteiger partial charge is 0.443 e. The van der Waals surface area contributed by atoms with E-state index in [1.165, 1.54) is 9.80 Å². The van der Waals surface area contributed by atoms with E-state index in [4.69, 9.17) is 9.47 Å². The van der Waals surface area contributed by atoms with Gasteiger partial charge in [0.25, 0.3) is 0 Å². The predicted octanol–water partition coefficient (Wildman–Crippen LogP) is 3.14. The fourth-order valence-corrected chi connectivity index (χ4v) is 4.19. The van der Waals surface area contributed by atoms with Crippen LogP contribution in [0, 0.1) is 0 Å². The summed E-state index contributed by atoms with van der Waals surface area (Å²) in [6.45, 7) is 20.1. The molecule has 3 fully saturated rings. The summed E-state index contributed by atoms with van der Waals surface area (Å²) >= 11 is 0. The number of nitrogens with one attached hydrogen (secondary N) is 1. The molecule has 0 atom stereocenters. The summed E-state index contributed by atoms with van der Waals surface area (Å²) < 4.78 is 10.6. The Balaban J connectivity index is 0.000000251. The first-order valence-corrected chi connectivity index (χ1v) is 12.3. The molecule has 3 rings (SSSR count). The summed E-state index contributed by atoms with van der Waals surface area (Å²) in [5.74, 6) is -0.400. The molecule has 0 aromatic heterocycles. The van der Waals surface area contributed by atoms with E-state index in [9.17, 15) is 19.2 Å². The minimum absolute atomic E-state index is 0.155. The third-order valence-electron chi connectivity index (χ3n) is 5.69. The van der Waals surface area contributed by atoms with Gasteiger partial charge in [-0.05, 0) is 82.1 Å². The first-order chi connectivity index (χ1) is 15.7. The maximum atomic E-state index is 12.3. The highest BCUT2D eigenvalue weighted by molar-refractivity contribution is 5.95.